The van der Waals surface area contributed by atoms with Crippen LogP contribution in [0.3, 0.4) is 0 Å². The number of nitrogens with one attached hydrogen (secondary N) is 1. The second-order valence-electron chi connectivity index (χ2n) is 5.07. The molecule has 114 valence electrons. The van der Waals surface area contributed by atoms with Crippen molar-refractivity contribution >= 4 is 33.6 Å². The molecule has 5 nitrogen and oxygen atoms in total. The van der Waals surface area contributed by atoms with E-state index in [9.17, 15) is 9.59 Å². The maximum atomic E-state index is 12.5. The highest BCUT2D eigenvalue weighted by atomic mass is 79.9. The van der Waals surface area contributed by atoms with E-state index >= 15 is 0 Å². The van der Waals surface area contributed by atoms with Crippen molar-refractivity contribution in [3.8, 4) is 0 Å². The third kappa shape index (κ3) is 3.56. The van der Waals surface area contributed by atoms with Gasteiger partial charge in [0.25, 0.3) is 0 Å². The Kier molecular flexibility index (Phi) is 5.22. The lowest BCUT2D eigenvalue weighted by Gasteiger charge is -2.39. The lowest BCUT2D eigenvalue weighted by Crippen LogP contribution is -2.59. The predicted octanol–water partition coefficient (Wildman–Crippen LogP) is 2.61. The molecule has 0 radical (unpaired) electrons. The second kappa shape index (κ2) is 6.93. The van der Waals surface area contributed by atoms with E-state index in [0.717, 1.165) is 16.6 Å². The zero-order chi connectivity index (χ0) is 15.4. The summed E-state index contributed by atoms with van der Waals surface area (Å²) in [6, 6.07) is 7.03. The van der Waals surface area contributed by atoms with Crippen LogP contribution in [0.25, 0.3) is 0 Å². The number of hydrogen-bond acceptors (Lipinski definition) is 2. The van der Waals surface area contributed by atoms with Crippen LogP contribution in [0.15, 0.2) is 28.7 Å². The van der Waals surface area contributed by atoms with E-state index in [1.165, 1.54) is 0 Å². The van der Waals surface area contributed by atoms with Crippen LogP contribution in [0.4, 0.5) is 10.5 Å². The van der Waals surface area contributed by atoms with Crippen LogP contribution in [0.1, 0.15) is 20.3 Å². The van der Waals surface area contributed by atoms with Crippen LogP contribution in [0.2, 0.25) is 0 Å². The molecule has 1 aromatic rings. The number of amides is 3. The maximum Gasteiger partial charge on any atom is 0.318 e. The van der Waals surface area contributed by atoms with Gasteiger partial charge in [-0.15, -0.1) is 0 Å². The van der Waals surface area contributed by atoms with Gasteiger partial charge in [-0.25, -0.2) is 4.79 Å². The minimum absolute atomic E-state index is 0.0500. The van der Waals surface area contributed by atoms with Crippen molar-refractivity contribution in [1.82, 2.24) is 10.2 Å². The van der Waals surface area contributed by atoms with Crippen molar-refractivity contribution in [3.63, 3.8) is 0 Å². The van der Waals surface area contributed by atoms with E-state index in [0.29, 0.717) is 19.6 Å². The molecular weight excluding hydrogens is 334 g/mol. The summed E-state index contributed by atoms with van der Waals surface area (Å²) in [7, 11) is 0. The van der Waals surface area contributed by atoms with E-state index in [4.69, 9.17) is 0 Å². The van der Waals surface area contributed by atoms with Gasteiger partial charge in [-0.3, -0.25) is 4.79 Å². The number of piperazine rings is 1. The SMILES string of the molecule is CCCNC(=O)N1CCN(c2cccc(Br)c2)C(=O)C1C. The second-order valence-corrected chi connectivity index (χ2v) is 5.99. The molecule has 1 aliphatic heterocycles. The van der Waals surface area contributed by atoms with Gasteiger partial charge >= 0.3 is 6.03 Å². The third-order valence-electron chi connectivity index (χ3n) is 3.56. The molecule has 0 saturated carbocycles. The number of urea groups is 1. The fourth-order valence-corrected chi connectivity index (χ4v) is 2.77. The van der Waals surface area contributed by atoms with Gasteiger partial charge in [0.15, 0.2) is 0 Å². The number of carbonyl (C=O) groups excluding carboxylic acids is 2. The Bertz CT molecular complexity index is 535. The minimum atomic E-state index is -0.449. The first-order valence-electron chi connectivity index (χ1n) is 7.16. The van der Waals surface area contributed by atoms with Crippen LogP contribution in [-0.4, -0.2) is 42.5 Å². The smallest absolute Gasteiger partial charge is 0.318 e. The van der Waals surface area contributed by atoms with Gasteiger partial charge < -0.3 is 15.1 Å². The minimum Gasteiger partial charge on any atom is -0.338 e. The normalized spacial score (nSPS) is 18.8. The van der Waals surface area contributed by atoms with Crippen molar-refractivity contribution in [2.45, 2.75) is 26.3 Å². The predicted molar refractivity (Wildman–Crippen MR) is 86.4 cm³/mol. The van der Waals surface area contributed by atoms with E-state index in [1.807, 2.05) is 31.2 Å². The number of benzene rings is 1. The largest absolute Gasteiger partial charge is 0.338 e. The van der Waals surface area contributed by atoms with Gasteiger partial charge in [0, 0.05) is 29.8 Å². The highest BCUT2D eigenvalue weighted by Gasteiger charge is 2.34. The Hall–Kier alpha value is -1.56. The summed E-state index contributed by atoms with van der Waals surface area (Å²) in [6.45, 7) is 5.46. The van der Waals surface area contributed by atoms with E-state index in [2.05, 4.69) is 21.2 Å². The Morgan fingerprint density at radius 2 is 2.19 bits per heavy atom. The molecule has 1 N–H and O–H groups in total. The monoisotopic (exact) mass is 353 g/mol. The number of carbonyl (C=O) groups is 2. The highest BCUT2D eigenvalue weighted by molar-refractivity contribution is 9.10. The number of nitrogens with zero attached hydrogens (tertiary/aromatic N) is 2. The van der Waals surface area contributed by atoms with E-state index in [1.54, 1.807) is 16.7 Å². The van der Waals surface area contributed by atoms with Gasteiger partial charge in [-0.05, 0) is 31.5 Å². The molecule has 1 aliphatic rings. The van der Waals surface area contributed by atoms with Crippen molar-refractivity contribution in [2.75, 3.05) is 24.5 Å². The highest BCUT2D eigenvalue weighted by Crippen LogP contribution is 2.23. The molecule has 6 heteroatoms. The van der Waals surface area contributed by atoms with Crippen LogP contribution < -0.4 is 10.2 Å². The van der Waals surface area contributed by atoms with Crippen molar-refractivity contribution in [2.24, 2.45) is 0 Å². The average Bonchev–Trinajstić information content (AvgIpc) is 2.47. The molecule has 0 bridgehead atoms. The van der Waals surface area contributed by atoms with Crippen LogP contribution in [0.5, 0.6) is 0 Å². The summed E-state index contributed by atoms with van der Waals surface area (Å²) in [5.41, 5.74) is 0.856. The Labute approximate surface area is 133 Å². The summed E-state index contributed by atoms with van der Waals surface area (Å²) >= 11 is 3.41. The quantitative estimate of drug-likeness (QED) is 0.907. The van der Waals surface area contributed by atoms with Gasteiger partial charge in [0.05, 0.1) is 0 Å². The maximum absolute atomic E-state index is 12.5. The molecule has 0 spiro atoms. The van der Waals surface area contributed by atoms with Gasteiger partial charge in [0.2, 0.25) is 5.91 Å². The summed E-state index contributed by atoms with van der Waals surface area (Å²) in [6.07, 6.45) is 0.881. The molecular formula is C15H20BrN3O2. The Morgan fingerprint density at radius 3 is 2.86 bits per heavy atom. The number of hydrogen-bond donors (Lipinski definition) is 1. The molecule has 1 unspecified atom stereocenters. The molecule has 1 fully saturated rings. The standard InChI is InChI=1S/C15H20BrN3O2/c1-3-7-17-15(21)18-8-9-19(14(20)11(18)2)13-6-4-5-12(16)10-13/h4-6,10-11H,3,7-9H2,1-2H3,(H,17,21). The van der Waals surface area contributed by atoms with Crippen LogP contribution in [0, 0.1) is 0 Å². The Morgan fingerprint density at radius 1 is 1.43 bits per heavy atom. The number of halogens is 1. The van der Waals surface area contributed by atoms with Crippen molar-refractivity contribution in [3.05, 3.63) is 28.7 Å². The molecule has 1 aromatic carbocycles. The molecule has 2 rings (SSSR count). The fraction of sp³-hybridized carbons (Fsp3) is 0.467. The lowest BCUT2D eigenvalue weighted by atomic mass is 10.1. The molecule has 21 heavy (non-hydrogen) atoms. The Balaban J connectivity index is 2.09. The molecule has 0 aromatic heterocycles. The molecule has 1 atom stereocenters. The summed E-state index contributed by atoms with van der Waals surface area (Å²) in [5, 5.41) is 2.83. The zero-order valence-corrected chi connectivity index (χ0v) is 13.9. The van der Waals surface area contributed by atoms with Gasteiger partial charge in [0.1, 0.15) is 6.04 Å². The van der Waals surface area contributed by atoms with Crippen molar-refractivity contribution < 1.29 is 9.59 Å². The first-order valence-corrected chi connectivity index (χ1v) is 7.95. The molecule has 0 aliphatic carbocycles. The molecule has 1 saturated heterocycles. The van der Waals surface area contributed by atoms with E-state index < -0.39 is 6.04 Å². The number of anilines is 1. The molecule has 1 heterocycles. The first kappa shape index (κ1) is 15.8. The third-order valence-corrected chi connectivity index (χ3v) is 4.06. The van der Waals surface area contributed by atoms with Gasteiger partial charge in [-0.2, -0.15) is 0 Å². The fourth-order valence-electron chi connectivity index (χ4n) is 2.38. The number of rotatable bonds is 3. The lowest BCUT2D eigenvalue weighted by molar-refractivity contribution is -0.124. The van der Waals surface area contributed by atoms with Crippen LogP contribution >= 0.6 is 15.9 Å². The van der Waals surface area contributed by atoms with Crippen LogP contribution in [-0.2, 0) is 4.79 Å². The topological polar surface area (TPSA) is 52.7 Å². The molecule has 3 amide bonds. The summed E-state index contributed by atoms with van der Waals surface area (Å²) in [5.74, 6) is -0.0500. The zero-order valence-electron chi connectivity index (χ0n) is 12.3. The van der Waals surface area contributed by atoms with E-state index in [-0.39, 0.29) is 11.9 Å². The summed E-state index contributed by atoms with van der Waals surface area (Å²) < 4.78 is 0.934. The first-order chi connectivity index (χ1) is 10.0. The average molecular weight is 354 g/mol. The van der Waals surface area contributed by atoms with Crippen molar-refractivity contribution in [1.29, 1.82) is 0 Å². The van der Waals surface area contributed by atoms with Gasteiger partial charge in [-0.1, -0.05) is 28.9 Å². The summed E-state index contributed by atoms with van der Waals surface area (Å²) in [4.78, 5) is 27.9.